The fourth-order valence-electron chi connectivity index (χ4n) is 3.03. The Morgan fingerprint density at radius 2 is 1.72 bits per heavy atom. The molecule has 0 saturated carbocycles. The Labute approximate surface area is 142 Å². The zero-order chi connectivity index (χ0) is 18.9. The van der Waals surface area contributed by atoms with Crippen LogP contribution in [-0.2, 0) is 16.0 Å². The topological polar surface area (TPSA) is 91.7 Å². The lowest BCUT2D eigenvalue weighted by Gasteiger charge is -2.33. The van der Waals surface area contributed by atoms with Gasteiger partial charge in [0.25, 0.3) is 0 Å². The average molecular weight is 350 g/mol. The van der Waals surface area contributed by atoms with Gasteiger partial charge in [0, 0.05) is 22.6 Å². The van der Waals surface area contributed by atoms with E-state index in [-0.39, 0.29) is 17.6 Å². The van der Waals surface area contributed by atoms with Crippen LogP contribution in [0.2, 0.25) is 0 Å². The molecule has 1 aromatic rings. The molecule has 0 radical (unpaired) electrons. The predicted molar refractivity (Wildman–Crippen MR) is 84.2 cm³/mol. The first-order chi connectivity index (χ1) is 11.7. The molecule has 2 N–H and O–H groups in total. The van der Waals surface area contributed by atoms with Crippen molar-refractivity contribution in [2.45, 2.75) is 20.3 Å². The molecular formula is C18H16F2O5. The Balaban J connectivity index is 2.62. The zero-order valence-corrected chi connectivity index (χ0v) is 13.5. The van der Waals surface area contributed by atoms with Crippen LogP contribution in [-0.4, -0.2) is 27.9 Å². The van der Waals surface area contributed by atoms with E-state index in [1.54, 1.807) is 0 Å². The second kappa shape index (κ2) is 6.58. The third-order valence-corrected chi connectivity index (χ3v) is 4.52. The van der Waals surface area contributed by atoms with E-state index in [2.05, 4.69) is 0 Å². The van der Waals surface area contributed by atoms with E-state index in [9.17, 15) is 33.4 Å². The number of hydrogen-bond donors (Lipinski definition) is 2. The number of carbonyl (C=O) groups excluding carboxylic acids is 1. The number of carboxylic acid groups (broad SMARTS) is 2. The molecule has 0 amide bonds. The van der Waals surface area contributed by atoms with Crippen LogP contribution in [0.25, 0.3) is 0 Å². The van der Waals surface area contributed by atoms with Crippen molar-refractivity contribution in [1.29, 1.82) is 0 Å². The van der Waals surface area contributed by atoms with Crippen molar-refractivity contribution in [3.8, 4) is 0 Å². The van der Waals surface area contributed by atoms with E-state index in [1.165, 1.54) is 19.9 Å². The normalized spacial score (nSPS) is 22.4. The highest BCUT2D eigenvalue weighted by molar-refractivity contribution is 6.15. The second-order valence-electron chi connectivity index (χ2n) is 5.78. The summed E-state index contributed by atoms with van der Waals surface area (Å²) in [4.78, 5) is 36.0. The maximum Gasteiger partial charge on any atom is 0.331 e. The van der Waals surface area contributed by atoms with Gasteiger partial charge in [-0.25, -0.2) is 13.6 Å². The number of halogens is 2. The number of Topliss-reactive ketones (excluding diaryl/α,β-unsaturated/α-hetero) is 1. The third-order valence-electron chi connectivity index (χ3n) is 4.52. The lowest BCUT2D eigenvalue weighted by Crippen LogP contribution is -2.46. The summed E-state index contributed by atoms with van der Waals surface area (Å²) in [7, 11) is 0. The molecule has 0 bridgehead atoms. The van der Waals surface area contributed by atoms with E-state index in [0.717, 1.165) is 24.3 Å². The van der Waals surface area contributed by atoms with Gasteiger partial charge >= 0.3 is 11.9 Å². The Morgan fingerprint density at radius 3 is 2.16 bits per heavy atom. The Bertz CT molecular complexity index is 802. The molecule has 1 aromatic carbocycles. The number of carboxylic acids is 2. The smallest absolute Gasteiger partial charge is 0.331 e. The van der Waals surface area contributed by atoms with Gasteiger partial charge < -0.3 is 10.2 Å². The molecular weight excluding hydrogens is 334 g/mol. The van der Waals surface area contributed by atoms with Crippen molar-refractivity contribution < 1.29 is 33.4 Å². The lowest BCUT2D eigenvalue weighted by molar-refractivity contribution is -0.145. The minimum Gasteiger partial charge on any atom is -0.480 e. The summed E-state index contributed by atoms with van der Waals surface area (Å²) in [6, 6.07) is 1.57. The van der Waals surface area contributed by atoms with Crippen molar-refractivity contribution in [2.24, 2.45) is 11.3 Å². The van der Waals surface area contributed by atoms with Crippen molar-refractivity contribution in [1.82, 2.24) is 0 Å². The van der Waals surface area contributed by atoms with E-state index < -0.39 is 46.3 Å². The Morgan fingerprint density at radius 1 is 1.16 bits per heavy atom. The predicted octanol–water partition coefficient (Wildman–Crippen LogP) is 3.00. The summed E-state index contributed by atoms with van der Waals surface area (Å²) in [6.07, 6.45) is 3.47. The SMILES string of the molecule is CCc1c(F)cc(C(=O)C2(C(=O)O)C=CC=C(C(=O)O)C2C)cc1F. The van der Waals surface area contributed by atoms with E-state index >= 15 is 0 Å². The molecule has 0 spiro atoms. The fourth-order valence-corrected chi connectivity index (χ4v) is 3.03. The lowest BCUT2D eigenvalue weighted by atomic mass is 9.66. The molecule has 0 saturated heterocycles. The largest absolute Gasteiger partial charge is 0.480 e. The van der Waals surface area contributed by atoms with Gasteiger partial charge in [0.2, 0.25) is 0 Å². The van der Waals surface area contributed by atoms with Gasteiger partial charge in [0.15, 0.2) is 11.2 Å². The van der Waals surface area contributed by atoms with Crippen molar-refractivity contribution in [2.75, 3.05) is 0 Å². The van der Waals surface area contributed by atoms with Gasteiger partial charge in [-0.2, -0.15) is 0 Å². The van der Waals surface area contributed by atoms with Crippen LogP contribution >= 0.6 is 0 Å². The highest BCUT2D eigenvalue weighted by Gasteiger charge is 2.52. The van der Waals surface area contributed by atoms with E-state index in [1.807, 2.05) is 0 Å². The number of benzene rings is 1. The number of rotatable bonds is 5. The molecule has 0 fully saturated rings. The molecule has 2 unspecified atom stereocenters. The number of allylic oxidation sites excluding steroid dienone is 2. The third kappa shape index (κ3) is 2.86. The quantitative estimate of drug-likeness (QED) is 0.629. The molecule has 2 atom stereocenters. The summed E-state index contributed by atoms with van der Waals surface area (Å²) in [5, 5.41) is 18.9. The van der Waals surface area contributed by atoms with Gasteiger partial charge in [-0.05, 0) is 18.6 Å². The van der Waals surface area contributed by atoms with Crippen LogP contribution in [0.3, 0.4) is 0 Å². The molecule has 1 aliphatic carbocycles. The maximum absolute atomic E-state index is 14.0. The maximum atomic E-state index is 14.0. The van der Waals surface area contributed by atoms with Gasteiger partial charge in [-0.3, -0.25) is 9.59 Å². The summed E-state index contributed by atoms with van der Waals surface area (Å²) < 4.78 is 28.0. The number of carbonyl (C=O) groups is 3. The van der Waals surface area contributed by atoms with E-state index in [0.29, 0.717) is 0 Å². The van der Waals surface area contributed by atoms with Gasteiger partial charge in [0.1, 0.15) is 11.6 Å². The molecule has 7 heteroatoms. The van der Waals surface area contributed by atoms with Gasteiger partial charge in [-0.15, -0.1) is 0 Å². The van der Waals surface area contributed by atoms with Crippen LogP contribution < -0.4 is 0 Å². The minimum atomic E-state index is -2.25. The highest BCUT2D eigenvalue weighted by Crippen LogP contribution is 2.41. The number of aliphatic carboxylic acids is 2. The summed E-state index contributed by atoms with van der Waals surface area (Å²) in [6.45, 7) is 2.82. The molecule has 132 valence electrons. The standard InChI is InChI=1S/C18H16F2O5/c1-3-11-13(19)7-10(8-14(11)20)15(21)18(17(24)25)6-4-5-12(9(18)2)16(22)23/h4-9H,3H2,1-2H3,(H,22,23)(H,24,25). The van der Waals surface area contributed by atoms with Gasteiger partial charge in [0.05, 0.1) is 0 Å². The molecule has 0 aromatic heterocycles. The number of hydrogen-bond acceptors (Lipinski definition) is 3. The van der Waals surface area contributed by atoms with Crippen molar-refractivity contribution >= 4 is 17.7 Å². The van der Waals surface area contributed by atoms with Crippen LogP contribution in [0.5, 0.6) is 0 Å². The molecule has 2 rings (SSSR count). The van der Waals surface area contributed by atoms with Crippen LogP contribution in [0.1, 0.15) is 29.8 Å². The Kier molecular flexibility index (Phi) is 4.87. The number of ketones is 1. The molecule has 25 heavy (non-hydrogen) atoms. The first kappa shape index (κ1) is 18.5. The molecule has 0 aliphatic heterocycles. The average Bonchev–Trinajstić information content (AvgIpc) is 2.53. The first-order valence-corrected chi connectivity index (χ1v) is 7.55. The van der Waals surface area contributed by atoms with Crippen LogP contribution in [0.4, 0.5) is 8.78 Å². The molecule has 5 nitrogen and oxygen atoms in total. The zero-order valence-electron chi connectivity index (χ0n) is 13.5. The van der Waals surface area contributed by atoms with Crippen LogP contribution in [0, 0.1) is 23.0 Å². The second-order valence-corrected chi connectivity index (χ2v) is 5.78. The molecule has 1 aliphatic rings. The van der Waals surface area contributed by atoms with E-state index in [4.69, 9.17) is 0 Å². The highest BCUT2D eigenvalue weighted by atomic mass is 19.1. The van der Waals surface area contributed by atoms with Crippen LogP contribution in [0.15, 0.2) is 35.9 Å². The summed E-state index contributed by atoms with van der Waals surface area (Å²) in [5.74, 6) is -7.16. The van der Waals surface area contributed by atoms with Crippen molar-refractivity contribution in [3.05, 3.63) is 58.7 Å². The molecule has 0 heterocycles. The fraction of sp³-hybridized carbons (Fsp3) is 0.278. The minimum absolute atomic E-state index is 0.0679. The Hall–Kier alpha value is -2.83. The van der Waals surface area contributed by atoms with Gasteiger partial charge in [-0.1, -0.05) is 32.1 Å². The van der Waals surface area contributed by atoms with Crippen molar-refractivity contribution in [3.63, 3.8) is 0 Å². The summed E-state index contributed by atoms with van der Waals surface area (Å²) in [5.41, 5.74) is -3.20. The summed E-state index contributed by atoms with van der Waals surface area (Å²) >= 11 is 0. The monoisotopic (exact) mass is 350 g/mol. The first-order valence-electron chi connectivity index (χ1n) is 7.55.